The molecule has 130 valence electrons. The van der Waals surface area contributed by atoms with Gasteiger partial charge in [-0.05, 0) is 54.7 Å². The molecule has 1 N–H and O–H groups in total. The second kappa shape index (κ2) is 7.47. The van der Waals surface area contributed by atoms with E-state index in [1.54, 1.807) is 18.2 Å². The average molecular weight is 341 g/mol. The van der Waals surface area contributed by atoms with Crippen LogP contribution in [-0.2, 0) is 17.6 Å². The van der Waals surface area contributed by atoms with Gasteiger partial charge in [-0.25, -0.2) is 9.18 Å². The Morgan fingerprint density at radius 2 is 1.88 bits per heavy atom. The predicted molar refractivity (Wildman–Crippen MR) is 91.9 cm³/mol. The molecule has 4 nitrogen and oxygen atoms in total. The Bertz CT molecular complexity index is 773. The summed E-state index contributed by atoms with van der Waals surface area (Å²) in [5.74, 6) is -1.21. The molecule has 1 aliphatic rings. The summed E-state index contributed by atoms with van der Waals surface area (Å²) in [5, 5.41) is 8.92. The molecule has 1 fully saturated rings. The molecule has 1 unspecified atom stereocenters. The molecule has 1 saturated heterocycles. The lowest BCUT2D eigenvalue weighted by Crippen LogP contribution is -2.37. The van der Waals surface area contributed by atoms with Crippen molar-refractivity contribution in [2.45, 2.75) is 31.7 Å². The minimum Gasteiger partial charge on any atom is -0.478 e. The number of aromatic carboxylic acids is 1. The number of amides is 1. The lowest BCUT2D eigenvalue weighted by atomic mass is 10.0. The molecule has 1 atom stereocenters. The van der Waals surface area contributed by atoms with E-state index < -0.39 is 5.97 Å². The number of hydrogen-bond acceptors (Lipinski definition) is 2. The minimum atomic E-state index is -0.979. The molecule has 2 aromatic rings. The molecule has 0 aromatic heterocycles. The third-order valence-electron chi connectivity index (χ3n) is 4.61. The molecule has 1 aliphatic heterocycles. The second-order valence-corrected chi connectivity index (χ2v) is 6.40. The molecular formula is C20H20FNO3. The van der Waals surface area contributed by atoms with Crippen LogP contribution in [0.1, 0.15) is 34.3 Å². The maximum Gasteiger partial charge on any atom is 0.335 e. The Hall–Kier alpha value is -2.69. The lowest BCUT2D eigenvalue weighted by molar-refractivity contribution is -0.131. The van der Waals surface area contributed by atoms with Crippen LogP contribution in [0.3, 0.4) is 0 Å². The normalized spacial score (nSPS) is 16.8. The van der Waals surface area contributed by atoms with Gasteiger partial charge in [-0.15, -0.1) is 0 Å². The third kappa shape index (κ3) is 4.24. The zero-order chi connectivity index (χ0) is 17.8. The molecule has 0 bridgehead atoms. The van der Waals surface area contributed by atoms with Crippen LogP contribution in [0.25, 0.3) is 0 Å². The van der Waals surface area contributed by atoms with Gasteiger partial charge < -0.3 is 10.0 Å². The summed E-state index contributed by atoms with van der Waals surface area (Å²) in [6, 6.07) is 13.0. The maximum absolute atomic E-state index is 13.4. The van der Waals surface area contributed by atoms with E-state index in [1.165, 1.54) is 24.3 Å². The summed E-state index contributed by atoms with van der Waals surface area (Å²) in [4.78, 5) is 25.4. The van der Waals surface area contributed by atoms with Crippen molar-refractivity contribution >= 4 is 11.9 Å². The highest BCUT2D eigenvalue weighted by Crippen LogP contribution is 2.22. The van der Waals surface area contributed by atoms with Gasteiger partial charge in [0.1, 0.15) is 5.82 Å². The van der Waals surface area contributed by atoms with Gasteiger partial charge in [0.15, 0.2) is 0 Å². The van der Waals surface area contributed by atoms with Gasteiger partial charge in [-0.1, -0.05) is 24.3 Å². The Balaban J connectivity index is 1.65. The largest absolute Gasteiger partial charge is 0.478 e. The van der Waals surface area contributed by atoms with Crippen LogP contribution in [-0.4, -0.2) is 34.5 Å². The highest BCUT2D eigenvalue weighted by atomic mass is 19.1. The SMILES string of the molecule is O=C(O)c1ccc(CC(=O)N2CCCC2Cc2cccc(F)c2)cc1. The van der Waals surface area contributed by atoms with Crippen molar-refractivity contribution in [2.75, 3.05) is 6.54 Å². The molecule has 0 radical (unpaired) electrons. The van der Waals surface area contributed by atoms with Crippen molar-refractivity contribution in [1.29, 1.82) is 0 Å². The van der Waals surface area contributed by atoms with Gasteiger partial charge in [-0.3, -0.25) is 4.79 Å². The zero-order valence-corrected chi connectivity index (χ0v) is 13.8. The van der Waals surface area contributed by atoms with Crippen LogP contribution in [0, 0.1) is 5.82 Å². The fourth-order valence-electron chi connectivity index (χ4n) is 3.35. The van der Waals surface area contributed by atoms with E-state index in [4.69, 9.17) is 5.11 Å². The van der Waals surface area contributed by atoms with Gasteiger partial charge in [0.2, 0.25) is 5.91 Å². The number of rotatable bonds is 5. The molecule has 3 rings (SSSR count). The smallest absolute Gasteiger partial charge is 0.335 e. The fraction of sp³-hybridized carbons (Fsp3) is 0.300. The van der Waals surface area contributed by atoms with Crippen LogP contribution in [0.2, 0.25) is 0 Å². The van der Waals surface area contributed by atoms with Crippen LogP contribution in [0.15, 0.2) is 48.5 Å². The van der Waals surface area contributed by atoms with Crippen molar-refractivity contribution in [3.05, 3.63) is 71.0 Å². The number of hydrogen-bond donors (Lipinski definition) is 1. The topological polar surface area (TPSA) is 57.6 Å². The van der Waals surface area contributed by atoms with Crippen molar-refractivity contribution in [3.8, 4) is 0 Å². The van der Waals surface area contributed by atoms with E-state index in [-0.39, 0.29) is 29.8 Å². The summed E-state index contributed by atoms with van der Waals surface area (Å²) in [5.41, 5.74) is 1.91. The molecule has 1 amide bonds. The van der Waals surface area contributed by atoms with Crippen LogP contribution >= 0.6 is 0 Å². The number of carbonyl (C=O) groups is 2. The van der Waals surface area contributed by atoms with Gasteiger partial charge in [0.25, 0.3) is 0 Å². The number of nitrogens with zero attached hydrogens (tertiary/aromatic N) is 1. The van der Waals surface area contributed by atoms with E-state index in [1.807, 2.05) is 11.0 Å². The Morgan fingerprint density at radius 3 is 2.56 bits per heavy atom. The Morgan fingerprint density at radius 1 is 1.12 bits per heavy atom. The molecule has 0 spiro atoms. The van der Waals surface area contributed by atoms with Gasteiger partial charge >= 0.3 is 5.97 Å². The van der Waals surface area contributed by atoms with Crippen LogP contribution in [0.5, 0.6) is 0 Å². The summed E-state index contributed by atoms with van der Waals surface area (Å²) in [6.07, 6.45) is 2.77. The number of likely N-dealkylation sites (tertiary alicyclic amines) is 1. The number of carboxylic acids is 1. The first-order valence-corrected chi connectivity index (χ1v) is 8.39. The molecule has 0 aliphatic carbocycles. The summed E-state index contributed by atoms with van der Waals surface area (Å²) in [6.45, 7) is 0.714. The van der Waals surface area contributed by atoms with Crippen molar-refractivity contribution < 1.29 is 19.1 Å². The van der Waals surface area contributed by atoms with Gasteiger partial charge in [-0.2, -0.15) is 0 Å². The number of halogens is 1. The van der Waals surface area contributed by atoms with Gasteiger partial charge in [0, 0.05) is 12.6 Å². The zero-order valence-electron chi connectivity index (χ0n) is 13.8. The van der Waals surface area contributed by atoms with Crippen LogP contribution in [0.4, 0.5) is 4.39 Å². The van der Waals surface area contributed by atoms with Crippen molar-refractivity contribution in [3.63, 3.8) is 0 Å². The van der Waals surface area contributed by atoms with E-state index in [9.17, 15) is 14.0 Å². The second-order valence-electron chi connectivity index (χ2n) is 6.40. The van der Waals surface area contributed by atoms with E-state index in [0.717, 1.165) is 24.0 Å². The highest BCUT2D eigenvalue weighted by Gasteiger charge is 2.28. The minimum absolute atomic E-state index is 0.0296. The monoisotopic (exact) mass is 341 g/mol. The molecule has 5 heteroatoms. The molecule has 0 saturated carbocycles. The molecular weight excluding hydrogens is 321 g/mol. The molecule has 2 aromatic carbocycles. The molecule has 25 heavy (non-hydrogen) atoms. The average Bonchev–Trinajstić information content (AvgIpc) is 3.03. The fourth-order valence-corrected chi connectivity index (χ4v) is 3.35. The first-order chi connectivity index (χ1) is 12.0. The number of benzene rings is 2. The maximum atomic E-state index is 13.4. The number of carbonyl (C=O) groups excluding carboxylic acids is 1. The van der Waals surface area contributed by atoms with E-state index in [2.05, 4.69) is 0 Å². The predicted octanol–water partition coefficient (Wildman–Crippen LogP) is 3.30. The van der Waals surface area contributed by atoms with E-state index in [0.29, 0.717) is 13.0 Å². The van der Waals surface area contributed by atoms with Crippen molar-refractivity contribution in [1.82, 2.24) is 4.90 Å². The lowest BCUT2D eigenvalue weighted by Gasteiger charge is -2.25. The Kier molecular flexibility index (Phi) is 5.12. The Labute approximate surface area is 145 Å². The highest BCUT2D eigenvalue weighted by molar-refractivity contribution is 5.87. The van der Waals surface area contributed by atoms with E-state index >= 15 is 0 Å². The van der Waals surface area contributed by atoms with Crippen molar-refractivity contribution in [2.24, 2.45) is 0 Å². The first kappa shape index (κ1) is 17.1. The van der Waals surface area contributed by atoms with Gasteiger partial charge in [0.05, 0.1) is 12.0 Å². The third-order valence-corrected chi connectivity index (χ3v) is 4.61. The standard InChI is InChI=1S/C20H20FNO3/c21-17-4-1-3-15(11-17)12-18-5-2-10-22(18)19(23)13-14-6-8-16(9-7-14)20(24)25/h1,3-4,6-9,11,18H,2,5,10,12-13H2,(H,24,25). The van der Waals surface area contributed by atoms with Crippen LogP contribution < -0.4 is 0 Å². The quantitative estimate of drug-likeness (QED) is 0.908. The number of carboxylic acid groups (broad SMARTS) is 1. The summed E-state index contributed by atoms with van der Waals surface area (Å²) < 4.78 is 13.4. The first-order valence-electron chi connectivity index (χ1n) is 8.39. The molecule has 1 heterocycles. The summed E-state index contributed by atoms with van der Waals surface area (Å²) in [7, 11) is 0. The summed E-state index contributed by atoms with van der Waals surface area (Å²) >= 11 is 0.